The molecule has 16 heavy (non-hydrogen) atoms. The van der Waals surface area contributed by atoms with Crippen LogP contribution in [-0.4, -0.2) is 9.55 Å². The Morgan fingerprint density at radius 1 is 1.25 bits per heavy atom. The van der Waals surface area contributed by atoms with Gasteiger partial charge in [-0.1, -0.05) is 29.3 Å². The minimum absolute atomic E-state index is 0.458. The summed E-state index contributed by atoms with van der Waals surface area (Å²) in [4.78, 5) is 3.98. The van der Waals surface area contributed by atoms with Gasteiger partial charge in [0, 0.05) is 18.9 Å². The largest absolute Gasteiger partial charge is 0.318 e. The molecule has 0 aliphatic carbocycles. The Labute approximate surface area is 95.0 Å². The Hall–Kier alpha value is -2.08. The smallest absolute Gasteiger partial charge is 0.213 e. The van der Waals surface area contributed by atoms with Crippen molar-refractivity contribution in [3.63, 3.8) is 0 Å². The number of hydrogen-bond donors (Lipinski definition) is 0. The zero-order valence-corrected chi connectivity index (χ0v) is 9.44. The van der Waals surface area contributed by atoms with Gasteiger partial charge in [0.25, 0.3) is 0 Å². The first-order valence-corrected chi connectivity index (χ1v) is 5.17. The second kappa shape index (κ2) is 4.19. The molecule has 0 spiro atoms. The summed E-state index contributed by atoms with van der Waals surface area (Å²) in [6.45, 7) is 4.86. The second-order valence-electron chi connectivity index (χ2n) is 3.99. The molecule has 0 fully saturated rings. The summed E-state index contributed by atoms with van der Waals surface area (Å²) in [5.41, 5.74) is 3.69. The summed E-state index contributed by atoms with van der Waals surface area (Å²) in [5.74, 6) is 0.458. The molecule has 0 N–H and O–H groups in total. The first-order valence-electron chi connectivity index (χ1n) is 5.17. The highest BCUT2D eigenvalue weighted by molar-refractivity contribution is 5.29. The molecule has 3 heteroatoms. The number of benzene rings is 1. The molecule has 3 nitrogen and oxygen atoms in total. The minimum atomic E-state index is 0.458. The van der Waals surface area contributed by atoms with E-state index in [0.29, 0.717) is 12.4 Å². The Bertz CT molecular complexity index is 526. The van der Waals surface area contributed by atoms with E-state index >= 15 is 0 Å². The zero-order chi connectivity index (χ0) is 11.5. The van der Waals surface area contributed by atoms with Crippen LogP contribution in [0.15, 0.2) is 30.6 Å². The van der Waals surface area contributed by atoms with Gasteiger partial charge in [-0.15, -0.1) is 0 Å². The molecular weight excluding hydrogens is 198 g/mol. The third kappa shape index (κ3) is 2.12. The van der Waals surface area contributed by atoms with E-state index in [1.807, 2.05) is 10.8 Å². The standard InChI is InChI=1S/C13H13N3/c1-10-5-11(2)7-12(6-10)9-16-4-3-15-13(16)8-14/h3-7H,9H2,1-2H3. The normalized spacial score (nSPS) is 10.1. The Kier molecular flexibility index (Phi) is 2.74. The quantitative estimate of drug-likeness (QED) is 0.765. The SMILES string of the molecule is Cc1cc(C)cc(Cn2ccnc2C#N)c1. The van der Waals surface area contributed by atoms with Crippen LogP contribution >= 0.6 is 0 Å². The maximum Gasteiger partial charge on any atom is 0.213 e. The van der Waals surface area contributed by atoms with E-state index in [4.69, 9.17) is 5.26 Å². The molecule has 2 aromatic rings. The zero-order valence-electron chi connectivity index (χ0n) is 9.44. The Morgan fingerprint density at radius 3 is 2.56 bits per heavy atom. The molecule has 80 valence electrons. The maximum absolute atomic E-state index is 8.86. The van der Waals surface area contributed by atoms with Gasteiger partial charge >= 0.3 is 0 Å². The van der Waals surface area contributed by atoms with E-state index < -0.39 is 0 Å². The predicted molar refractivity (Wildman–Crippen MR) is 62.0 cm³/mol. The fourth-order valence-electron chi connectivity index (χ4n) is 1.91. The molecule has 0 aliphatic rings. The average Bonchev–Trinajstić information content (AvgIpc) is 2.63. The van der Waals surface area contributed by atoms with Crippen LogP contribution in [0.2, 0.25) is 0 Å². The number of aryl methyl sites for hydroxylation is 2. The highest BCUT2D eigenvalue weighted by atomic mass is 15.1. The first-order chi connectivity index (χ1) is 7.69. The number of rotatable bonds is 2. The Balaban J connectivity index is 2.31. The van der Waals surface area contributed by atoms with Gasteiger partial charge in [0.15, 0.2) is 0 Å². The number of imidazole rings is 1. The number of nitrogens with zero attached hydrogens (tertiary/aromatic N) is 3. The van der Waals surface area contributed by atoms with E-state index in [-0.39, 0.29) is 0 Å². The van der Waals surface area contributed by atoms with Gasteiger partial charge in [0.1, 0.15) is 6.07 Å². The number of nitriles is 1. The maximum atomic E-state index is 8.86. The van der Waals surface area contributed by atoms with Crippen LogP contribution in [0.1, 0.15) is 22.5 Å². The van der Waals surface area contributed by atoms with E-state index in [1.54, 1.807) is 6.20 Å². The lowest BCUT2D eigenvalue weighted by atomic mass is 10.1. The molecule has 1 heterocycles. The van der Waals surface area contributed by atoms with Gasteiger partial charge in [0.2, 0.25) is 5.82 Å². The van der Waals surface area contributed by atoms with Gasteiger partial charge in [-0.05, 0) is 19.4 Å². The van der Waals surface area contributed by atoms with Gasteiger partial charge in [-0.3, -0.25) is 0 Å². The van der Waals surface area contributed by atoms with Crippen molar-refractivity contribution >= 4 is 0 Å². The topological polar surface area (TPSA) is 41.6 Å². The van der Waals surface area contributed by atoms with Gasteiger partial charge in [0.05, 0.1) is 0 Å². The molecule has 2 rings (SSSR count). The molecule has 0 unspecified atom stereocenters. The van der Waals surface area contributed by atoms with Crippen LogP contribution < -0.4 is 0 Å². The number of aromatic nitrogens is 2. The minimum Gasteiger partial charge on any atom is -0.318 e. The summed E-state index contributed by atoms with van der Waals surface area (Å²) in [6.07, 6.45) is 3.48. The fraction of sp³-hybridized carbons (Fsp3) is 0.231. The summed E-state index contributed by atoms with van der Waals surface area (Å²) < 4.78 is 1.86. The van der Waals surface area contributed by atoms with Crippen molar-refractivity contribution < 1.29 is 0 Å². The van der Waals surface area contributed by atoms with Crippen LogP contribution in [0.3, 0.4) is 0 Å². The lowest BCUT2D eigenvalue weighted by molar-refractivity contribution is 0.781. The molecule has 0 atom stereocenters. The van der Waals surface area contributed by atoms with E-state index in [1.165, 1.54) is 16.7 Å². The summed E-state index contributed by atoms with van der Waals surface area (Å²) >= 11 is 0. The second-order valence-corrected chi connectivity index (χ2v) is 3.99. The highest BCUT2D eigenvalue weighted by Gasteiger charge is 2.02. The molecule has 0 saturated heterocycles. The van der Waals surface area contributed by atoms with Crippen LogP contribution in [0.4, 0.5) is 0 Å². The molecule has 0 saturated carbocycles. The van der Waals surface area contributed by atoms with Crippen molar-refractivity contribution in [1.82, 2.24) is 9.55 Å². The van der Waals surface area contributed by atoms with Crippen molar-refractivity contribution in [2.75, 3.05) is 0 Å². The lowest BCUT2D eigenvalue weighted by Crippen LogP contribution is -2.02. The summed E-state index contributed by atoms with van der Waals surface area (Å²) in [7, 11) is 0. The van der Waals surface area contributed by atoms with Crippen molar-refractivity contribution in [3.05, 3.63) is 53.1 Å². The third-order valence-corrected chi connectivity index (χ3v) is 2.45. The van der Waals surface area contributed by atoms with Gasteiger partial charge < -0.3 is 4.57 Å². The van der Waals surface area contributed by atoms with Crippen molar-refractivity contribution in [3.8, 4) is 6.07 Å². The number of hydrogen-bond acceptors (Lipinski definition) is 2. The van der Waals surface area contributed by atoms with Crippen LogP contribution in [0, 0.1) is 25.2 Å². The van der Waals surface area contributed by atoms with Gasteiger partial charge in [-0.25, -0.2) is 4.98 Å². The van der Waals surface area contributed by atoms with Crippen molar-refractivity contribution in [2.45, 2.75) is 20.4 Å². The van der Waals surface area contributed by atoms with E-state index in [9.17, 15) is 0 Å². The molecule has 0 bridgehead atoms. The monoisotopic (exact) mass is 211 g/mol. The average molecular weight is 211 g/mol. The van der Waals surface area contributed by atoms with E-state index in [0.717, 1.165) is 0 Å². The van der Waals surface area contributed by atoms with Crippen molar-refractivity contribution in [1.29, 1.82) is 5.26 Å². The van der Waals surface area contributed by atoms with Crippen LogP contribution in [0.5, 0.6) is 0 Å². The molecule has 1 aromatic carbocycles. The van der Waals surface area contributed by atoms with Crippen molar-refractivity contribution in [2.24, 2.45) is 0 Å². The predicted octanol–water partition coefficient (Wildman–Crippen LogP) is 2.42. The Morgan fingerprint density at radius 2 is 1.94 bits per heavy atom. The van der Waals surface area contributed by atoms with Gasteiger partial charge in [-0.2, -0.15) is 5.26 Å². The lowest BCUT2D eigenvalue weighted by Gasteiger charge is -2.06. The molecule has 0 amide bonds. The fourth-order valence-corrected chi connectivity index (χ4v) is 1.91. The molecule has 0 radical (unpaired) electrons. The van der Waals surface area contributed by atoms with Crippen LogP contribution in [-0.2, 0) is 6.54 Å². The molecular formula is C13H13N3. The summed E-state index contributed by atoms with van der Waals surface area (Å²) in [5, 5.41) is 8.86. The third-order valence-electron chi connectivity index (χ3n) is 2.45. The molecule has 0 aliphatic heterocycles. The first kappa shape index (κ1) is 10.4. The van der Waals surface area contributed by atoms with Crippen LogP contribution in [0.25, 0.3) is 0 Å². The van der Waals surface area contributed by atoms with E-state index in [2.05, 4.69) is 43.1 Å². The highest BCUT2D eigenvalue weighted by Crippen LogP contribution is 2.11. The molecule has 1 aromatic heterocycles. The summed E-state index contributed by atoms with van der Waals surface area (Å²) in [6, 6.07) is 8.48.